The molecule has 0 atom stereocenters. The minimum absolute atomic E-state index is 0.571. The van der Waals surface area contributed by atoms with Gasteiger partial charge in [0.15, 0.2) is 0 Å². The fraction of sp³-hybridized carbons (Fsp3) is 0. The first-order chi connectivity index (χ1) is 6.83. The van der Waals surface area contributed by atoms with Gasteiger partial charge in [-0.15, -0.1) is 11.3 Å². The molecule has 0 bridgehead atoms. The Morgan fingerprint density at radius 2 is 1.93 bits per heavy atom. The van der Waals surface area contributed by atoms with Crippen LogP contribution in [0.3, 0.4) is 0 Å². The first-order valence-electron chi connectivity index (χ1n) is 4.13. The van der Waals surface area contributed by atoms with Gasteiger partial charge in [-0.05, 0) is 10.9 Å². The topological polar surface area (TPSA) is 30.4 Å². The number of benzene rings is 1. The summed E-state index contributed by atoms with van der Waals surface area (Å²) in [7, 11) is 0. The number of hydrogen-bond donors (Lipinski definition) is 1. The van der Waals surface area contributed by atoms with Gasteiger partial charge in [0.05, 0.1) is 11.6 Å². The van der Waals surface area contributed by atoms with Gasteiger partial charge in [-0.25, -0.2) is 4.85 Å². The summed E-state index contributed by atoms with van der Waals surface area (Å²) in [5.74, 6) is 0. The van der Waals surface area contributed by atoms with Crippen LogP contribution in [-0.4, -0.2) is 0 Å². The number of thiophene rings is 1. The molecule has 0 aliphatic heterocycles. The summed E-state index contributed by atoms with van der Waals surface area (Å²) in [4.78, 5) is 3.44. The summed E-state index contributed by atoms with van der Waals surface area (Å²) in [6.45, 7) is 7.04. The van der Waals surface area contributed by atoms with Crippen molar-refractivity contribution in [3.05, 3.63) is 47.1 Å². The lowest BCUT2D eigenvalue weighted by molar-refractivity contribution is 1.68. The SMILES string of the molecule is [C-]#[N+]c1c(-c2ccccc2)csc1N. The lowest BCUT2D eigenvalue weighted by Crippen LogP contribution is -1.78. The van der Waals surface area contributed by atoms with Crippen molar-refractivity contribution in [3.63, 3.8) is 0 Å². The fourth-order valence-corrected chi connectivity index (χ4v) is 2.06. The molecule has 0 saturated carbocycles. The van der Waals surface area contributed by atoms with Crippen LogP contribution in [0.2, 0.25) is 0 Å². The molecule has 0 radical (unpaired) electrons. The van der Waals surface area contributed by atoms with E-state index in [9.17, 15) is 0 Å². The van der Waals surface area contributed by atoms with Crippen molar-refractivity contribution in [2.75, 3.05) is 5.73 Å². The smallest absolute Gasteiger partial charge is 0.227 e. The summed E-state index contributed by atoms with van der Waals surface area (Å²) in [6, 6.07) is 9.83. The highest BCUT2D eigenvalue weighted by molar-refractivity contribution is 7.15. The Bertz CT molecular complexity index is 480. The van der Waals surface area contributed by atoms with Crippen LogP contribution in [0.4, 0.5) is 10.7 Å². The lowest BCUT2D eigenvalue weighted by atomic mass is 10.1. The Labute approximate surface area is 86.4 Å². The average Bonchev–Trinajstić information content (AvgIpc) is 2.61. The molecule has 1 heterocycles. The number of rotatable bonds is 1. The van der Waals surface area contributed by atoms with E-state index in [0.29, 0.717) is 10.7 Å². The minimum Gasteiger partial charge on any atom is -0.399 e. The zero-order chi connectivity index (χ0) is 9.97. The molecule has 2 N–H and O–H groups in total. The summed E-state index contributed by atoms with van der Waals surface area (Å²) < 4.78 is 0. The fourth-order valence-electron chi connectivity index (χ4n) is 1.30. The third kappa shape index (κ3) is 1.36. The molecule has 0 amide bonds. The molecule has 0 fully saturated rings. The second kappa shape index (κ2) is 3.52. The molecule has 3 heteroatoms. The minimum atomic E-state index is 0.571. The number of nitrogens with zero attached hydrogens (tertiary/aromatic N) is 1. The third-order valence-corrected chi connectivity index (χ3v) is 2.79. The first-order valence-corrected chi connectivity index (χ1v) is 5.00. The lowest BCUT2D eigenvalue weighted by Gasteiger charge is -1.97. The molecule has 0 aliphatic rings. The quantitative estimate of drug-likeness (QED) is 0.701. The van der Waals surface area contributed by atoms with E-state index in [2.05, 4.69) is 4.85 Å². The van der Waals surface area contributed by atoms with Gasteiger partial charge in [-0.2, -0.15) is 0 Å². The van der Waals surface area contributed by atoms with Gasteiger partial charge < -0.3 is 5.73 Å². The van der Waals surface area contributed by atoms with Gasteiger partial charge in [0.2, 0.25) is 5.69 Å². The van der Waals surface area contributed by atoms with Gasteiger partial charge in [-0.3, -0.25) is 0 Å². The Morgan fingerprint density at radius 1 is 1.21 bits per heavy atom. The van der Waals surface area contributed by atoms with Crippen molar-refractivity contribution in [1.82, 2.24) is 0 Å². The van der Waals surface area contributed by atoms with Crippen LogP contribution in [0.15, 0.2) is 35.7 Å². The van der Waals surface area contributed by atoms with E-state index >= 15 is 0 Å². The number of nitrogen functional groups attached to an aromatic ring is 1. The van der Waals surface area contributed by atoms with Crippen molar-refractivity contribution in [1.29, 1.82) is 0 Å². The molecule has 2 rings (SSSR count). The van der Waals surface area contributed by atoms with Crippen LogP contribution in [0.25, 0.3) is 16.0 Å². The normalized spacial score (nSPS) is 9.64. The summed E-state index contributed by atoms with van der Waals surface area (Å²) in [6.07, 6.45) is 0. The maximum Gasteiger partial charge on any atom is 0.227 e. The van der Waals surface area contributed by atoms with E-state index in [4.69, 9.17) is 12.3 Å². The second-order valence-corrected chi connectivity index (χ2v) is 3.75. The molecule has 68 valence electrons. The third-order valence-electron chi connectivity index (χ3n) is 1.99. The predicted octanol–water partition coefficient (Wildman–Crippen LogP) is 3.55. The van der Waals surface area contributed by atoms with Crippen molar-refractivity contribution >= 4 is 22.0 Å². The highest BCUT2D eigenvalue weighted by atomic mass is 32.1. The van der Waals surface area contributed by atoms with Gasteiger partial charge in [-0.1, -0.05) is 30.3 Å². The molecule has 2 aromatic rings. The number of nitrogens with two attached hydrogens (primary N) is 1. The average molecular weight is 200 g/mol. The summed E-state index contributed by atoms with van der Waals surface area (Å²) in [5.41, 5.74) is 8.25. The zero-order valence-electron chi connectivity index (χ0n) is 7.40. The van der Waals surface area contributed by atoms with Crippen LogP contribution >= 0.6 is 11.3 Å². The Kier molecular flexibility index (Phi) is 2.21. The molecule has 0 saturated heterocycles. The zero-order valence-corrected chi connectivity index (χ0v) is 8.21. The molecule has 0 unspecified atom stereocenters. The molecule has 0 aliphatic carbocycles. The van der Waals surface area contributed by atoms with E-state index in [0.717, 1.165) is 11.1 Å². The van der Waals surface area contributed by atoms with Crippen LogP contribution in [0.1, 0.15) is 0 Å². The van der Waals surface area contributed by atoms with Crippen LogP contribution in [-0.2, 0) is 0 Å². The van der Waals surface area contributed by atoms with E-state index in [1.807, 2.05) is 35.7 Å². The highest BCUT2D eigenvalue weighted by Crippen LogP contribution is 2.40. The largest absolute Gasteiger partial charge is 0.399 e. The Hall–Kier alpha value is -1.79. The molecule has 0 spiro atoms. The summed E-state index contributed by atoms with van der Waals surface area (Å²) >= 11 is 1.41. The van der Waals surface area contributed by atoms with E-state index in [1.54, 1.807) is 0 Å². The van der Waals surface area contributed by atoms with Crippen LogP contribution in [0.5, 0.6) is 0 Å². The Morgan fingerprint density at radius 3 is 2.57 bits per heavy atom. The summed E-state index contributed by atoms with van der Waals surface area (Å²) in [5, 5.41) is 2.52. The van der Waals surface area contributed by atoms with Gasteiger partial charge in [0, 0.05) is 5.56 Å². The van der Waals surface area contributed by atoms with Crippen LogP contribution in [0, 0.1) is 6.57 Å². The van der Waals surface area contributed by atoms with E-state index in [-0.39, 0.29) is 0 Å². The molecule has 1 aromatic heterocycles. The first kappa shape index (κ1) is 8.79. The maximum absolute atomic E-state index is 7.04. The van der Waals surface area contributed by atoms with Gasteiger partial charge in [0.25, 0.3) is 0 Å². The monoisotopic (exact) mass is 200 g/mol. The standard InChI is InChI=1S/C11H8N2S/c1-13-10-9(7-14-11(10)12)8-5-3-2-4-6-8/h2-7H,12H2. The second-order valence-electron chi connectivity index (χ2n) is 2.84. The molecule has 1 aromatic carbocycles. The number of anilines is 1. The van der Waals surface area contributed by atoms with Crippen molar-refractivity contribution in [2.24, 2.45) is 0 Å². The molecule has 2 nitrogen and oxygen atoms in total. The van der Waals surface area contributed by atoms with E-state index in [1.165, 1.54) is 11.3 Å². The van der Waals surface area contributed by atoms with E-state index < -0.39 is 0 Å². The molecular formula is C11H8N2S. The predicted molar refractivity (Wildman–Crippen MR) is 60.4 cm³/mol. The van der Waals surface area contributed by atoms with Crippen molar-refractivity contribution in [2.45, 2.75) is 0 Å². The Balaban J connectivity index is 2.59. The van der Waals surface area contributed by atoms with Crippen LogP contribution < -0.4 is 5.73 Å². The molecule has 14 heavy (non-hydrogen) atoms. The van der Waals surface area contributed by atoms with Gasteiger partial charge >= 0.3 is 0 Å². The highest BCUT2D eigenvalue weighted by Gasteiger charge is 2.09. The van der Waals surface area contributed by atoms with Crippen molar-refractivity contribution in [3.8, 4) is 11.1 Å². The number of hydrogen-bond acceptors (Lipinski definition) is 2. The van der Waals surface area contributed by atoms with Crippen molar-refractivity contribution < 1.29 is 0 Å². The maximum atomic E-state index is 7.04. The van der Waals surface area contributed by atoms with Gasteiger partial charge in [0.1, 0.15) is 0 Å². The molecular weight excluding hydrogens is 192 g/mol.